The Morgan fingerprint density at radius 1 is 0.931 bits per heavy atom. The average molecular weight is 416 g/mol. The van der Waals surface area contributed by atoms with Gasteiger partial charge in [-0.15, -0.1) is 0 Å². The minimum Gasteiger partial charge on any atom is -0.458 e. The Balaban J connectivity index is 2.11. The molecular weight excluding hydrogens is 391 g/mol. The molecule has 0 amide bonds. The van der Waals surface area contributed by atoms with Crippen LogP contribution in [0.1, 0.15) is 25.0 Å². The summed E-state index contributed by atoms with van der Waals surface area (Å²) in [5.41, 5.74) is 1.56. The Kier molecular flexibility index (Phi) is 9.38. The molecule has 0 unspecified atom stereocenters. The first kappa shape index (κ1) is 22.6. The van der Waals surface area contributed by atoms with Crippen molar-refractivity contribution in [1.82, 2.24) is 0 Å². The third kappa shape index (κ3) is 8.08. The van der Waals surface area contributed by atoms with Crippen molar-refractivity contribution in [3.63, 3.8) is 0 Å². The van der Waals surface area contributed by atoms with Crippen LogP contribution in [0.25, 0.3) is 5.76 Å². The first-order chi connectivity index (χ1) is 14.1. The van der Waals surface area contributed by atoms with Gasteiger partial charge in [-0.2, -0.15) is 0 Å². The molecule has 2 aromatic carbocycles. The van der Waals surface area contributed by atoms with E-state index in [1.54, 1.807) is 26.0 Å². The first-order valence-corrected chi connectivity index (χ1v) is 10.8. The van der Waals surface area contributed by atoms with Gasteiger partial charge in [0.2, 0.25) is 0 Å². The highest BCUT2D eigenvalue weighted by atomic mass is 31.2. The number of hydrogen-bond donors (Lipinski definition) is 0. The Bertz CT molecular complexity index is 851. The van der Waals surface area contributed by atoms with Gasteiger partial charge in [0.05, 0.1) is 13.2 Å². The Morgan fingerprint density at radius 3 is 2.10 bits per heavy atom. The van der Waals surface area contributed by atoms with Gasteiger partial charge in [0.25, 0.3) is 0 Å². The van der Waals surface area contributed by atoms with Gasteiger partial charge in [0, 0.05) is 11.6 Å². The molecule has 0 saturated carbocycles. The first-order valence-electron chi connectivity index (χ1n) is 9.29. The van der Waals surface area contributed by atoms with E-state index < -0.39 is 13.8 Å². The van der Waals surface area contributed by atoms with Crippen molar-refractivity contribution in [1.29, 1.82) is 0 Å². The van der Waals surface area contributed by atoms with E-state index in [1.807, 2.05) is 48.5 Å². The minimum absolute atomic E-state index is 0.168. The molecule has 7 heteroatoms. The standard InChI is InChI=1S/C22H25O6P/c1-3-26-29(24,27-4-2)28-21(20-14-9-6-10-15-20)16-11-17-22(23)25-18-19-12-7-5-8-13-19/h5-17H,3-4,18H2,1-2H3/b17-11+,21-16-. The molecule has 0 spiro atoms. The van der Waals surface area contributed by atoms with E-state index in [4.69, 9.17) is 18.3 Å². The SMILES string of the molecule is CCOP(=O)(OCC)O/C(=C\C=C\C(=O)OCc1ccccc1)c1ccccc1. The molecule has 29 heavy (non-hydrogen) atoms. The molecule has 154 valence electrons. The predicted octanol–water partition coefficient (Wildman–Crippen LogP) is 5.52. The minimum atomic E-state index is -3.78. The van der Waals surface area contributed by atoms with Crippen molar-refractivity contribution in [2.45, 2.75) is 20.5 Å². The molecule has 0 aliphatic heterocycles. The largest absolute Gasteiger partial charge is 0.530 e. The van der Waals surface area contributed by atoms with Crippen LogP contribution in [0.2, 0.25) is 0 Å². The molecule has 0 saturated heterocycles. The van der Waals surface area contributed by atoms with Gasteiger partial charge in [0.1, 0.15) is 12.4 Å². The summed E-state index contributed by atoms with van der Waals surface area (Å²) in [4.78, 5) is 11.9. The van der Waals surface area contributed by atoms with E-state index in [0.717, 1.165) is 5.56 Å². The molecule has 0 radical (unpaired) electrons. The number of phosphoric ester groups is 1. The topological polar surface area (TPSA) is 71.1 Å². The monoisotopic (exact) mass is 416 g/mol. The van der Waals surface area contributed by atoms with Crippen molar-refractivity contribution in [2.24, 2.45) is 0 Å². The highest BCUT2D eigenvalue weighted by Crippen LogP contribution is 2.52. The summed E-state index contributed by atoms with van der Waals surface area (Å²) in [6.45, 7) is 3.91. The number of allylic oxidation sites excluding steroid dienone is 2. The summed E-state index contributed by atoms with van der Waals surface area (Å²) < 4.78 is 33.9. The number of hydrogen-bond acceptors (Lipinski definition) is 6. The van der Waals surface area contributed by atoms with Gasteiger partial charge in [-0.3, -0.25) is 9.05 Å². The third-order valence-electron chi connectivity index (χ3n) is 3.55. The molecule has 0 aliphatic carbocycles. The molecule has 2 aromatic rings. The van der Waals surface area contributed by atoms with E-state index >= 15 is 0 Å². The fraction of sp³-hybridized carbons (Fsp3) is 0.227. The zero-order chi connectivity index (χ0) is 21.0. The number of benzene rings is 2. The normalized spacial score (nSPS) is 12.1. The lowest BCUT2D eigenvalue weighted by Gasteiger charge is -2.19. The van der Waals surface area contributed by atoms with Gasteiger partial charge in [-0.05, 0) is 25.5 Å². The number of esters is 1. The Morgan fingerprint density at radius 2 is 1.52 bits per heavy atom. The van der Waals surface area contributed by atoms with Crippen LogP contribution in [0, 0.1) is 0 Å². The van der Waals surface area contributed by atoms with Crippen LogP contribution in [0.15, 0.2) is 78.9 Å². The second kappa shape index (κ2) is 12.0. The second-order valence-electron chi connectivity index (χ2n) is 5.72. The summed E-state index contributed by atoms with van der Waals surface area (Å²) in [7, 11) is -3.78. The lowest BCUT2D eigenvalue weighted by molar-refractivity contribution is -0.139. The van der Waals surface area contributed by atoms with E-state index in [0.29, 0.717) is 5.56 Å². The molecule has 0 aliphatic rings. The van der Waals surface area contributed by atoms with Crippen molar-refractivity contribution in [2.75, 3.05) is 13.2 Å². The van der Waals surface area contributed by atoms with Crippen LogP contribution in [0.4, 0.5) is 0 Å². The maximum Gasteiger partial charge on any atom is 0.530 e. The van der Waals surface area contributed by atoms with Gasteiger partial charge < -0.3 is 9.26 Å². The highest BCUT2D eigenvalue weighted by Gasteiger charge is 2.28. The van der Waals surface area contributed by atoms with Gasteiger partial charge in [-0.1, -0.05) is 66.7 Å². The molecule has 0 N–H and O–H groups in total. The summed E-state index contributed by atoms with van der Waals surface area (Å²) in [5, 5.41) is 0. The quantitative estimate of drug-likeness (QED) is 0.158. The number of ether oxygens (including phenoxy) is 1. The number of phosphoric acid groups is 1. The maximum absolute atomic E-state index is 12.7. The maximum atomic E-state index is 12.7. The Hall–Kier alpha value is -2.66. The molecule has 0 atom stereocenters. The van der Waals surface area contributed by atoms with E-state index in [1.165, 1.54) is 18.2 Å². The van der Waals surface area contributed by atoms with Crippen molar-refractivity contribution in [3.05, 3.63) is 90.0 Å². The smallest absolute Gasteiger partial charge is 0.458 e. The molecular formula is C22H25O6P. The molecule has 6 nitrogen and oxygen atoms in total. The van der Waals surface area contributed by atoms with Crippen LogP contribution in [-0.2, 0) is 34.3 Å². The Labute approximate surface area is 171 Å². The van der Waals surface area contributed by atoms with Gasteiger partial charge in [-0.25, -0.2) is 9.36 Å². The van der Waals surface area contributed by atoms with Crippen LogP contribution in [0.3, 0.4) is 0 Å². The molecule has 0 bridgehead atoms. The van der Waals surface area contributed by atoms with Crippen molar-refractivity contribution < 1.29 is 27.7 Å². The molecule has 0 heterocycles. The number of carbonyl (C=O) groups excluding carboxylic acids is 1. The second-order valence-corrected chi connectivity index (χ2v) is 7.32. The average Bonchev–Trinajstić information content (AvgIpc) is 2.73. The fourth-order valence-corrected chi connectivity index (χ4v) is 3.52. The van der Waals surface area contributed by atoms with Crippen molar-refractivity contribution in [3.8, 4) is 0 Å². The van der Waals surface area contributed by atoms with Crippen LogP contribution < -0.4 is 0 Å². The summed E-state index contributed by atoms with van der Waals surface area (Å²) >= 11 is 0. The lowest BCUT2D eigenvalue weighted by Crippen LogP contribution is -2.01. The van der Waals surface area contributed by atoms with Gasteiger partial charge in [0.15, 0.2) is 0 Å². The number of carbonyl (C=O) groups is 1. The third-order valence-corrected chi connectivity index (χ3v) is 5.12. The van der Waals surface area contributed by atoms with E-state index in [9.17, 15) is 9.36 Å². The molecule has 0 aromatic heterocycles. The lowest BCUT2D eigenvalue weighted by atomic mass is 10.2. The fourth-order valence-electron chi connectivity index (χ4n) is 2.30. The van der Waals surface area contributed by atoms with Crippen LogP contribution >= 0.6 is 7.82 Å². The summed E-state index contributed by atoms with van der Waals surface area (Å²) in [6, 6.07) is 18.4. The van der Waals surface area contributed by atoms with Crippen LogP contribution in [-0.4, -0.2) is 19.2 Å². The summed E-state index contributed by atoms with van der Waals surface area (Å²) in [5.74, 6) is -0.252. The molecule has 0 fully saturated rings. The van der Waals surface area contributed by atoms with Crippen LogP contribution in [0.5, 0.6) is 0 Å². The van der Waals surface area contributed by atoms with Crippen molar-refractivity contribution >= 4 is 19.6 Å². The summed E-state index contributed by atoms with van der Waals surface area (Å²) in [6.07, 6.45) is 4.25. The van der Waals surface area contributed by atoms with Gasteiger partial charge >= 0.3 is 13.8 Å². The predicted molar refractivity (Wildman–Crippen MR) is 112 cm³/mol. The van der Waals surface area contributed by atoms with E-state index in [-0.39, 0.29) is 25.6 Å². The number of rotatable bonds is 11. The zero-order valence-corrected chi connectivity index (χ0v) is 17.4. The van der Waals surface area contributed by atoms with E-state index in [2.05, 4.69) is 0 Å². The zero-order valence-electron chi connectivity index (χ0n) is 16.5. The highest BCUT2D eigenvalue weighted by molar-refractivity contribution is 7.48. The molecule has 2 rings (SSSR count).